The van der Waals surface area contributed by atoms with Crippen LogP contribution in [-0.2, 0) is 16.1 Å². The van der Waals surface area contributed by atoms with E-state index in [1.165, 1.54) is 29.6 Å². The van der Waals surface area contributed by atoms with Crippen LogP contribution in [0.1, 0.15) is 41.6 Å². The van der Waals surface area contributed by atoms with Gasteiger partial charge in [-0.05, 0) is 36.6 Å². The predicted molar refractivity (Wildman–Crippen MR) is 159 cm³/mol. The van der Waals surface area contributed by atoms with Crippen LogP contribution >= 0.6 is 11.3 Å². The van der Waals surface area contributed by atoms with Crippen LogP contribution in [0, 0.1) is 6.92 Å². The van der Waals surface area contributed by atoms with E-state index in [2.05, 4.69) is 54.1 Å². The number of carbonyl (C=O) groups is 1. The monoisotopic (exact) mass is 547 g/mol. The Balaban J connectivity index is 1.53. The number of aryl methyl sites for hydroxylation is 1. The van der Waals surface area contributed by atoms with E-state index in [9.17, 15) is 9.59 Å². The molecule has 1 aliphatic heterocycles. The third kappa shape index (κ3) is 4.52. The van der Waals surface area contributed by atoms with Crippen LogP contribution in [-0.4, -0.2) is 22.2 Å². The van der Waals surface area contributed by atoms with Gasteiger partial charge in [0.05, 0.1) is 29.0 Å². The van der Waals surface area contributed by atoms with Crippen LogP contribution in [0.4, 0.5) is 0 Å². The summed E-state index contributed by atoms with van der Waals surface area (Å²) in [4.78, 5) is 32.4. The maximum Gasteiger partial charge on any atom is 0.338 e. The molecule has 0 amide bonds. The highest BCUT2D eigenvalue weighted by Crippen LogP contribution is 2.31. The van der Waals surface area contributed by atoms with Gasteiger partial charge in [-0.2, -0.15) is 0 Å². The van der Waals surface area contributed by atoms with Crippen LogP contribution in [0.5, 0.6) is 0 Å². The Hall–Kier alpha value is -4.49. The largest absolute Gasteiger partial charge is 0.466 e. The SMILES string of the molecule is CCC1=C(C(=O)OC)[C@@H](c2ccccc2)n2c(s/c(=C\c3cn(Cc4cccc(C)c4)c4ccccc34)c2=O)=N1. The normalized spacial score (nSPS) is 15.3. The Bertz CT molecular complexity index is 1960. The molecule has 200 valence electrons. The fraction of sp³-hybridized carbons (Fsp3) is 0.182. The zero-order chi connectivity index (χ0) is 27.8. The van der Waals surface area contributed by atoms with E-state index in [1.54, 1.807) is 4.57 Å². The van der Waals surface area contributed by atoms with Crippen LogP contribution in [0.25, 0.3) is 17.0 Å². The highest BCUT2D eigenvalue weighted by molar-refractivity contribution is 7.07. The van der Waals surface area contributed by atoms with Gasteiger partial charge in [-0.15, -0.1) is 0 Å². The van der Waals surface area contributed by atoms with Crippen molar-refractivity contribution in [2.45, 2.75) is 32.9 Å². The quantitative estimate of drug-likeness (QED) is 0.278. The number of aromatic nitrogens is 2. The summed E-state index contributed by atoms with van der Waals surface area (Å²) in [5.41, 5.74) is 6.22. The highest BCUT2D eigenvalue weighted by atomic mass is 32.1. The molecule has 6 nitrogen and oxygen atoms in total. The number of hydrogen-bond donors (Lipinski definition) is 0. The Morgan fingerprint density at radius 2 is 1.82 bits per heavy atom. The molecule has 7 heteroatoms. The molecule has 0 spiro atoms. The Morgan fingerprint density at radius 3 is 2.58 bits per heavy atom. The second-order valence-corrected chi connectivity index (χ2v) is 10.9. The lowest BCUT2D eigenvalue weighted by Gasteiger charge is -2.25. The van der Waals surface area contributed by atoms with Crippen molar-refractivity contribution in [1.29, 1.82) is 0 Å². The van der Waals surface area contributed by atoms with Crippen LogP contribution in [0.3, 0.4) is 0 Å². The Labute approximate surface area is 235 Å². The molecule has 5 aromatic rings. The average molecular weight is 548 g/mol. The molecular formula is C33H29N3O3S. The summed E-state index contributed by atoms with van der Waals surface area (Å²) < 4.78 is 9.60. The summed E-state index contributed by atoms with van der Waals surface area (Å²) in [6.45, 7) is 4.79. The van der Waals surface area contributed by atoms with Gasteiger partial charge in [0.2, 0.25) is 0 Å². The zero-order valence-electron chi connectivity index (χ0n) is 22.6. The molecule has 0 saturated heterocycles. The highest BCUT2D eigenvalue weighted by Gasteiger charge is 2.33. The van der Waals surface area contributed by atoms with Gasteiger partial charge in [0.1, 0.15) is 0 Å². The third-order valence-corrected chi connectivity index (χ3v) is 8.29. The minimum Gasteiger partial charge on any atom is -0.466 e. The molecular weight excluding hydrogens is 518 g/mol. The number of ether oxygens (including phenoxy) is 1. The third-order valence-electron chi connectivity index (χ3n) is 7.31. The second-order valence-electron chi connectivity index (χ2n) is 9.92. The standard InChI is InChI=1S/C33H29N3O3S/c1-4-26-29(32(38)39-3)30(23-13-6-5-7-14-23)36-31(37)28(40-33(36)34-26)18-24-20-35(27-16-9-8-15-25(24)27)19-22-12-10-11-21(2)17-22/h5-18,20,30H,4,19H2,1-3H3/b28-18-/t30-/m1/s1. The van der Waals surface area contributed by atoms with Crippen molar-refractivity contribution >= 4 is 34.3 Å². The number of methoxy groups -OCH3 is 1. The summed E-state index contributed by atoms with van der Waals surface area (Å²) in [6.07, 6.45) is 4.61. The van der Waals surface area contributed by atoms with Crippen LogP contribution in [0.2, 0.25) is 0 Å². The van der Waals surface area contributed by atoms with Crippen LogP contribution in [0.15, 0.2) is 106 Å². The second kappa shape index (κ2) is 10.6. The molecule has 2 aromatic heterocycles. The van der Waals surface area contributed by atoms with Crippen molar-refractivity contribution in [2.24, 2.45) is 4.99 Å². The molecule has 3 heterocycles. The smallest absolute Gasteiger partial charge is 0.338 e. The first-order valence-corrected chi connectivity index (χ1v) is 14.1. The summed E-state index contributed by atoms with van der Waals surface area (Å²) in [7, 11) is 1.36. The van der Waals surface area contributed by atoms with E-state index >= 15 is 0 Å². The van der Waals surface area contributed by atoms with Gasteiger partial charge >= 0.3 is 5.97 Å². The maximum atomic E-state index is 14.0. The van der Waals surface area contributed by atoms with Crippen LogP contribution < -0.4 is 14.9 Å². The number of para-hydroxylation sites is 1. The molecule has 0 unspecified atom stereocenters. The van der Waals surface area contributed by atoms with Gasteiger partial charge < -0.3 is 9.30 Å². The lowest BCUT2D eigenvalue weighted by Crippen LogP contribution is -2.40. The Kier molecular flexibility index (Phi) is 6.82. The van der Waals surface area contributed by atoms with E-state index in [0.717, 1.165) is 28.6 Å². The lowest BCUT2D eigenvalue weighted by atomic mass is 9.95. The van der Waals surface area contributed by atoms with E-state index in [0.29, 0.717) is 27.0 Å². The van der Waals surface area contributed by atoms with Gasteiger partial charge in [0.15, 0.2) is 4.80 Å². The van der Waals surface area contributed by atoms with Crippen molar-refractivity contribution in [3.05, 3.63) is 138 Å². The van der Waals surface area contributed by atoms with E-state index in [-0.39, 0.29) is 5.56 Å². The van der Waals surface area contributed by atoms with Crippen molar-refractivity contribution in [3.8, 4) is 0 Å². The minimum absolute atomic E-state index is 0.176. The number of rotatable bonds is 6. The summed E-state index contributed by atoms with van der Waals surface area (Å²) in [5, 5.41) is 1.07. The number of nitrogens with zero attached hydrogens (tertiary/aromatic N) is 3. The first-order chi connectivity index (χ1) is 19.5. The first-order valence-electron chi connectivity index (χ1n) is 13.3. The molecule has 6 rings (SSSR count). The number of hydrogen-bond acceptors (Lipinski definition) is 5. The van der Waals surface area contributed by atoms with Gasteiger partial charge in [0, 0.05) is 29.2 Å². The van der Waals surface area contributed by atoms with E-state index in [1.807, 2.05) is 55.5 Å². The number of carbonyl (C=O) groups excluding carboxylic acids is 1. The lowest BCUT2D eigenvalue weighted by molar-refractivity contribution is -0.136. The number of thiazole rings is 1. The van der Waals surface area contributed by atoms with Crippen molar-refractivity contribution in [1.82, 2.24) is 9.13 Å². The summed E-state index contributed by atoms with van der Waals surface area (Å²) >= 11 is 1.35. The van der Waals surface area contributed by atoms with Gasteiger partial charge in [-0.3, -0.25) is 9.36 Å². The fourth-order valence-electron chi connectivity index (χ4n) is 5.48. The number of esters is 1. The summed E-state index contributed by atoms with van der Waals surface area (Å²) in [6, 6.07) is 25.7. The van der Waals surface area contributed by atoms with Gasteiger partial charge in [-0.1, -0.05) is 96.6 Å². The maximum absolute atomic E-state index is 14.0. The van der Waals surface area contributed by atoms with Crippen molar-refractivity contribution in [3.63, 3.8) is 0 Å². The summed E-state index contributed by atoms with van der Waals surface area (Å²) in [5.74, 6) is -0.469. The molecule has 1 aliphatic rings. The molecule has 0 N–H and O–H groups in total. The van der Waals surface area contributed by atoms with Gasteiger partial charge in [0.25, 0.3) is 5.56 Å². The molecule has 0 aliphatic carbocycles. The predicted octanol–water partition coefficient (Wildman–Crippen LogP) is 5.11. The molecule has 40 heavy (non-hydrogen) atoms. The zero-order valence-corrected chi connectivity index (χ0v) is 23.4. The average Bonchev–Trinajstić information content (AvgIpc) is 3.48. The Morgan fingerprint density at radius 1 is 1.05 bits per heavy atom. The van der Waals surface area contributed by atoms with Crippen molar-refractivity contribution in [2.75, 3.05) is 7.11 Å². The molecule has 0 bridgehead atoms. The molecule has 0 radical (unpaired) electrons. The molecule has 3 aromatic carbocycles. The molecule has 0 fully saturated rings. The topological polar surface area (TPSA) is 65.6 Å². The number of allylic oxidation sites excluding steroid dienone is 1. The first kappa shape index (κ1) is 25.8. The molecule has 1 atom stereocenters. The number of benzene rings is 3. The molecule has 0 saturated carbocycles. The van der Waals surface area contributed by atoms with Crippen molar-refractivity contribution < 1.29 is 9.53 Å². The fourth-order valence-corrected chi connectivity index (χ4v) is 6.50. The number of fused-ring (bicyclic) bond motifs is 2. The minimum atomic E-state index is -0.607. The van der Waals surface area contributed by atoms with E-state index < -0.39 is 12.0 Å². The van der Waals surface area contributed by atoms with Gasteiger partial charge in [-0.25, -0.2) is 9.79 Å². The van der Waals surface area contributed by atoms with E-state index in [4.69, 9.17) is 9.73 Å².